The minimum Gasteiger partial charge on any atom is -0.383 e. The average Bonchev–Trinajstić information content (AvgIpc) is 2.90. The number of hydrogen-bond acceptors (Lipinski definition) is 4. The van der Waals surface area contributed by atoms with Gasteiger partial charge in [-0.25, -0.2) is 4.68 Å². The van der Waals surface area contributed by atoms with E-state index in [1.54, 1.807) is 6.20 Å². The summed E-state index contributed by atoms with van der Waals surface area (Å²) in [7, 11) is 0. The van der Waals surface area contributed by atoms with E-state index in [0.717, 1.165) is 38.3 Å². The smallest absolute Gasteiger partial charge is 0.283 e. The van der Waals surface area contributed by atoms with Gasteiger partial charge in [-0.2, -0.15) is 5.10 Å². The summed E-state index contributed by atoms with van der Waals surface area (Å²) in [6.07, 6.45) is 3.91. The molecule has 1 fully saturated rings. The molecule has 6 heteroatoms. The van der Waals surface area contributed by atoms with E-state index in [1.807, 2.05) is 0 Å². The fraction of sp³-hybridized carbons (Fsp3) is 0.714. The topological polar surface area (TPSA) is 56.1 Å². The maximum atomic E-state index is 12.1. The molecule has 1 aliphatic heterocycles. The number of nitrogens with zero attached hydrogens (tertiary/aromatic N) is 2. The van der Waals surface area contributed by atoms with Crippen LogP contribution in [-0.4, -0.2) is 29.5 Å². The van der Waals surface area contributed by atoms with Crippen LogP contribution < -0.4 is 10.9 Å². The molecule has 2 heterocycles. The van der Waals surface area contributed by atoms with Crippen LogP contribution in [0.2, 0.25) is 0 Å². The third kappa shape index (κ3) is 4.06. The minimum atomic E-state index is -0.0760. The summed E-state index contributed by atoms with van der Waals surface area (Å²) < 4.78 is 7.42. The summed E-state index contributed by atoms with van der Waals surface area (Å²) in [5, 5.41) is 7.50. The molecule has 1 unspecified atom stereocenters. The molecule has 1 saturated heterocycles. The van der Waals surface area contributed by atoms with Gasteiger partial charge in [0, 0.05) is 26.3 Å². The number of rotatable bonds is 6. The van der Waals surface area contributed by atoms with Crippen molar-refractivity contribution in [3.63, 3.8) is 0 Å². The molecule has 0 radical (unpaired) electrons. The summed E-state index contributed by atoms with van der Waals surface area (Å²) in [6.45, 7) is 7.34. The quantitative estimate of drug-likeness (QED) is 0.862. The van der Waals surface area contributed by atoms with Crippen molar-refractivity contribution >= 4 is 21.6 Å². The van der Waals surface area contributed by atoms with Gasteiger partial charge >= 0.3 is 0 Å². The van der Waals surface area contributed by atoms with Crippen molar-refractivity contribution in [1.82, 2.24) is 9.78 Å². The molecule has 0 aliphatic carbocycles. The van der Waals surface area contributed by atoms with Gasteiger partial charge in [0.1, 0.15) is 4.47 Å². The lowest BCUT2D eigenvalue weighted by molar-refractivity contribution is 0.185. The summed E-state index contributed by atoms with van der Waals surface area (Å²) >= 11 is 3.37. The van der Waals surface area contributed by atoms with Gasteiger partial charge in [-0.3, -0.25) is 4.79 Å². The number of nitrogens with one attached hydrogen (secondary N) is 1. The Kier molecular flexibility index (Phi) is 5.60. The Bertz CT molecular complexity index is 496. The molecule has 5 nitrogen and oxygen atoms in total. The molecule has 0 bridgehead atoms. The maximum Gasteiger partial charge on any atom is 0.283 e. The predicted molar refractivity (Wildman–Crippen MR) is 83.1 cm³/mol. The molecular weight excluding hydrogens is 322 g/mol. The van der Waals surface area contributed by atoms with Crippen LogP contribution in [0.1, 0.15) is 26.7 Å². The summed E-state index contributed by atoms with van der Waals surface area (Å²) in [4.78, 5) is 12.1. The van der Waals surface area contributed by atoms with Gasteiger partial charge in [-0.1, -0.05) is 13.8 Å². The van der Waals surface area contributed by atoms with Crippen LogP contribution in [0, 0.1) is 11.8 Å². The lowest BCUT2D eigenvalue weighted by Crippen LogP contribution is -2.26. The van der Waals surface area contributed by atoms with Gasteiger partial charge in [0.2, 0.25) is 0 Å². The summed E-state index contributed by atoms with van der Waals surface area (Å²) in [6, 6.07) is 0. The number of halogens is 1. The fourth-order valence-corrected chi connectivity index (χ4v) is 2.73. The first-order chi connectivity index (χ1) is 9.58. The lowest BCUT2D eigenvalue weighted by atomic mass is 10.1. The zero-order valence-electron chi connectivity index (χ0n) is 12.1. The fourth-order valence-electron chi connectivity index (χ4n) is 2.29. The van der Waals surface area contributed by atoms with E-state index >= 15 is 0 Å². The highest BCUT2D eigenvalue weighted by molar-refractivity contribution is 9.10. The van der Waals surface area contributed by atoms with Crippen LogP contribution in [0.3, 0.4) is 0 Å². The van der Waals surface area contributed by atoms with Gasteiger partial charge in [0.05, 0.1) is 11.9 Å². The highest BCUT2D eigenvalue weighted by Crippen LogP contribution is 2.19. The second kappa shape index (κ2) is 7.22. The van der Waals surface area contributed by atoms with Crippen LogP contribution in [0.15, 0.2) is 15.5 Å². The van der Waals surface area contributed by atoms with Crippen LogP contribution in [0.25, 0.3) is 0 Å². The number of ether oxygens (including phenoxy) is 1. The third-order valence-corrected chi connectivity index (χ3v) is 4.18. The summed E-state index contributed by atoms with van der Waals surface area (Å²) in [5.41, 5.74) is 0.696. The van der Waals surface area contributed by atoms with Gasteiger partial charge in [0.15, 0.2) is 0 Å². The first-order valence-electron chi connectivity index (χ1n) is 7.15. The molecule has 1 aromatic rings. The Hall–Kier alpha value is -0.880. The SMILES string of the molecule is CC(C)Cn1ncc(NCCC2CCOC2)c(Br)c1=O. The second-order valence-corrected chi connectivity index (χ2v) is 6.49. The number of hydrogen-bond donors (Lipinski definition) is 1. The Morgan fingerprint density at radius 2 is 2.40 bits per heavy atom. The molecule has 1 aliphatic rings. The largest absolute Gasteiger partial charge is 0.383 e. The molecule has 1 aromatic heterocycles. The van der Waals surface area contributed by atoms with E-state index in [1.165, 1.54) is 4.68 Å². The monoisotopic (exact) mass is 343 g/mol. The molecule has 2 rings (SSSR count). The van der Waals surface area contributed by atoms with Crippen LogP contribution in [0.4, 0.5) is 5.69 Å². The van der Waals surface area contributed by atoms with E-state index in [0.29, 0.717) is 22.9 Å². The standard InChI is InChI=1S/C14H22BrN3O2/c1-10(2)8-18-14(19)13(15)12(7-17-18)16-5-3-11-4-6-20-9-11/h7,10-11,16H,3-6,8-9H2,1-2H3. The van der Waals surface area contributed by atoms with Crippen molar-refractivity contribution in [2.45, 2.75) is 33.2 Å². The number of aromatic nitrogens is 2. The van der Waals surface area contributed by atoms with Crippen molar-refractivity contribution in [1.29, 1.82) is 0 Å². The van der Waals surface area contributed by atoms with E-state index in [2.05, 4.69) is 40.2 Å². The van der Waals surface area contributed by atoms with E-state index in [-0.39, 0.29) is 5.56 Å². The normalized spacial score (nSPS) is 18.7. The zero-order valence-corrected chi connectivity index (χ0v) is 13.6. The highest BCUT2D eigenvalue weighted by Gasteiger charge is 2.15. The minimum absolute atomic E-state index is 0.0760. The Labute approximate surface area is 127 Å². The number of anilines is 1. The molecule has 0 spiro atoms. The molecule has 0 amide bonds. The van der Waals surface area contributed by atoms with Crippen LogP contribution >= 0.6 is 15.9 Å². The Morgan fingerprint density at radius 1 is 1.60 bits per heavy atom. The third-order valence-electron chi connectivity index (χ3n) is 3.41. The van der Waals surface area contributed by atoms with E-state index in [9.17, 15) is 4.79 Å². The molecule has 0 saturated carbocycles. The molecular formula is C14H22BrN3O2. The Balaban J connectivity index is 1.94. The molecule has 20 heavy (non-hydrogen) atoms. The first-order valence-corrected chi connectivity index (χ1v) is 7.94. The van der Waals surface area contributed by atoms with Crippen molar-refractivity contribution in [3.05, 3.63) is 21.0 Å². The van der Waals surface area contributed by atoms with Crippen molar-refractivity contribution in [3.8, 4) is 0 Å². The van der Waals surface area contributed by atoms with Gasteiger partial charge < -0.3 is 10.1 Å². The van der Waals surface area contributed by atoms with Gasteiger partial charge in [-0.15, -0.1) is 0 Å². The highest BCUT2D eigenvalue weighted by atomic mass is 79.9. The van der Waals surface area contributed by atoms with Crippen LogP contribution in [0.5, 0.6) is 0 Å². The van der Waals surface area contributed by atoms with E-state index in [4.69, 9.17) is 4.74 Å². The molecule has 1 N–H and O–H groups in total. The molecule has 0 aromatic carbocycles. The van der Waals surface area contributed by atoms with E-state index < -0.39 is 0 Å². The van der Waals surface area contributed by atoms with Crippen LogP contribution in [-0.2, 0) is 11.3 Å². The van der Waals surface area contributed by atoms with Gasteiger partial charge in [-0.05, 0) is 40.6 Å². The van der Waals surface area contributed by atoms with Crippen molar-refractivity contribution in [2.75, 3.05) is 25.1 Å². The Morgan fingerprint density at radius 3 is 3.05 bits per heavy atom. The maximum absolute atomic E-state index is 12.1. The predicted octanol–water partition coefficient (Wildman–Crippen LogP) is 2.50. The second-order valence-electron chi connectivity index (χ2n) is 5.70. The van der Waals surface area contributed by atoms with Crippen molar-refractivity contribution in [2.24, 2.45) is 11.8 Å². The first kappa shape index (κ1) is 15.5. The average molecular weight is 344 g/mol. The molecule has 112 valence electrons. The zero-order chi connectivity index (χ0) is 14.5. The summed E-state index contributed by atoms with van der Waals surface area (Å²) in [5.74, 6) is 1.03. The molecule has 1 atom stereocenters. The van der Waals surface area contributed by atoms with Gasteiger partial charge in [0.25, 0.3) is 5.56 Å². The lowest BCUT2D eigenvalue weighted by Gasteiger charge is -2.13. The van der Waals surface area contributed by atoms with Crippen molar-refractivity contribution < 1.29 is 4.74 Å².